The van der Waals surface area contributed by atoms with E-state index < -0.39 is 6.10 Å². The summed E-state index contributed by atoms with van der Waals surface area (Å²) in [5.41, 5.74) is 0.819. The van der Waals surface area contributed by atoms with Gasteiger partial charge in [-0.2, -0.15) is 0 Å². The average molecular weight is 308 g/mol. The number of phenolic OH excluding ortho intramolecular Hbond substituents is 1. The third-order valence-corrected chi connectivity index (χ3v) is 4.57. The highest BCUT2D eigenvalue weighted by Crippen LogP contribution is 2.39. The topological polar surface area (TPSA) is 82.4 Å². The molecule has 0 saturated carbocycles. The minimum absolute atomic E-state index is 0.0460. The number of hydrogen-bond donors (Lipinski definition) is 2. The Labute approximate surface area is 126 Å². The molecule has 2 N–H and O–H groups in total. The molecule has 0 bridgehead atoms. The van der Waals surface area contributed by atoms with E-state index in [0.29, 0.717) is 24.2 Å². The van der Waals surface area contributed by atoms with Crippen LogP contribution in [0, 0.1) is 0 Å². The third kappa shape index (κ3) is 2.26. The van der Waals surface area contributed by atoms with Crippen LogP contribution < -0.4 is 4.74 Å². The van der Waals surface area contributed by atoms with Gasteiger partial charge in [0.25, 0.3) is 5.91 Å². The molecule has 1 aromatic rings. The molecule has 7 heteroatoms. The lowest BCUT2D eigenvalue weighted by molar-refractivity contribution is 0.0749. The van der Waals surface area contributed by atoms with Gasteiger partial charge in [-0.1, -0.05) is 0 Å². The summed E-state index contributed by atoms with van der Waals surface area (Å²) in [5, 5.41) is 20.5. The van der Waals surface area contributed by atoms with Crippen LogP contribution in [0.25, 0.3) is 0 Å². The van der Waals surface area contributed by atoms with Crippen LogP contribution in [0.1, 0.15) is 16.8 Å². The quantitative estimate of drug-likeness (QED) is 0.819. The number of thioether (sulfide) groups is 1. The molecule has 2 heterocycles. The van der Waals surface area contributed by atoms with E-state index in [1.54, 1.807) is 4.90 Å². The number of carbonyl (C=O) groups excluding carboxylic acids is 1. The van der Waals surface area contributed by atoms with Crippen molar-refractivity contribution < 1.29 is 19.7 Å². The molecule has 1 amide bonds. The van der Waals surface area contributed by atoms with Crippen molar-refractivity contribution in [3.05, 3.63) is 17.7 Å². The molecule has 21 heavy (non-hydrogen) atoms. The van der Waals surface area contributed by atoms with Crippen molar-refractivity contribution in [2.75, 3.05) is 19.9 Å². The first-order chi connectivity index (χ1) is 10.0. The maximum atomic E-state index is 12.7. The first kappa shape index (κ1) is 14.2. The number of aliphatic hydroxyl groups is 1. The Hall–Kier alpha value is -1.73. The van der Waals surface area contributed by atoms with Crippen molar-refractivity contribution in [2.45, 2.75) is 18.6 Å². The maximum absolute atomic E-state index is 12.7. The number of ether oxygens (including phenoxy) is 1. The number of carbonyl (C=O) groups is 1. The smallest absolute Gasteiger partial charge is 0.256 e. The molecule has 2 aliphatic rings. The molecule has 2 aliphatic heterocycles. The van der Waals surface area contributed by atoms with Gasteiger partial charge in [0, 0.05) is 19.0 Å². The van der Waals surface area contributed by atoms with Crippen LogP contribution in [0.3, 0.4) is 0 Å². The molecule has 6 nitrogen and oxygen atoms in total. The van der Waals surface area contributed by atoms with Gasteiger partial charge in [-0.25, -0.2) is 4.99 Å². The molecule has 2 atom stereocenters. The van der Waals surface area contributed by atoms with Gasteiger partial charge < -0.3 is 19.8 Å². The first-order valence-corrected chi connectivity index (χ1v) is 7.80. The lowest BCUT2D eigenvalue weighted by Crippen LogP contribution is -2.38. The summed E-state index contributed by atoms with van der Waals surface area (Å²) in [7, 11) is 1.43. The monoisotopic (exact) mass is 308 g/mol. The van der Waals surface area contributed by atoms with E-state index >= 15 is 0 Å². The predicted octanol–water partition coefficient (Wildman–Crippen LogP) is 1.38. The van der Waals surface area contributed by atoms with E-state index in [4.69, 9.17) is 4.74 Å². The van der Waals surface area contributed by atoms with Crippen molar-refractivity contribution in [1.82, 2.24) is 4.90 Å². The number of rotatable bonds is 1. The molecular weight excluding hydrogens is 292 g/mol. The van der Waals surface area contributed by atoms with Crippen LogP contribution >= 0.6 is 11.8 Å². The van der Waals surface area contributed by atoms with Crippen molar-refractivity contribution in [1.29, 1.82) is 0 Å². The van der Waals surface area contributed by atoms with Gasteiger partial charge in [0.1, 0.15) is 0 Å². The average Bonchev–Trinajstić information content (AvgIpc) is 2.81. The fourth-order valence-corrected chi connectivity index (χ4v) is 3.47. The fourth-order valence-electron chi connectivity index (χ4n) is 2.79. The number of aromatic hydroxyl groups is 1. The second-order valence-electron chi connectivity index (χ2n) is 5.06. The van der Waals surface area contributed by atoms with Gasteiger partial charge in [-0.3, -0.25) is 4.79 Å². The van der Waals surface area contributed by atoms with E-state index in [0.717, 1.165) is 5.04 Å². The SMILES string of the molecule is COc1cc2c(cc1O)N=C(SC)C1C[C@H](O)CN1C2=O. The molecule has 1 saturated heterocycles. The molecule has 112 valence electrons. The number of amides is 1. The Balaban J connectivity index is 2.16. The Morgan fingerprint density at radius 1 is 1.48 bits per heavy atom. The standard InChI is InChI=1S/C14H16N2O4S/c1-20-12-4-8-9(5-11(12)18)15-13(21-2)10-3-7(17)6-16(10)14(8)19/h4-5,7,10,17-18H,3,6H2,1-2H3/t7-,10?/m0/s1. The van der Waals surface area contributed by atoms with Crippen LogP contribution in [0.15, 0.2) is 17.1 Å². The van der Waals surface area contributed by atoms with Crippen LogP contribution in [0.2, 0.25) is 0 Å². The zero-order valence-corrected chi connectivity index (χ0v) is 12.6. The number of hydrogen-bond acceptors (Lipinski definition) is 6. The lowest BCUT2D eigenvalue weighted by Gasteiger charge is -2.22. The molecule has 1 unspecified atom stereocenters. The minimum atomic E-state index is -0.531. The molecule has 0 aliphatic carbocycles. The van der Waals surface area contributed by atoms with Gasteiger partial charge in [-0.05, 0) is 12.3 Å². The highest BCUT2D eigenvalue weighted by atomic mass is 32.2. The van der Waals surface area contributed by atoms with Gasteiger partial charge >= 0.3 is 0 Å². The van der Waals surface area contributed by atoms with Crippen molar-refractivity contribution in [2.24, 2.45) is 4.99 Å². The highest BCUT2D eigenvalue weighted by molar-refractivity contribution is 8.13. The van der Waals surface area contributed by atoms with E-state index in [-0.39, 0.29) is 23.4 Å². The molecule has 1 aromatic carbocycles. The van der Waals surface area contributed by atoms with Gasteiger partial charge in [0.2, 0.25) is 0 Å². The zero-order valence-electron chi connectivity index (χ0n) is 11.7. The summed E-state index contributed by atoms with van der Waals surface area (Å²) in [6.45, 7) is 0.297. The van der Waals surface area contributed by atoms with E-state index in [9.17, 15) is 15.0 Å². The second-order valence-corrected chi connectivity index (χ2v) is 5.88. The Morgan fingerprint density at radius 2 is 2.24 bits per heavy atom. The number of nitrogens with zero attached hydrogens (tertiary/aromatic N) is 2. The van der Waals surface area contributed by atoms with Crippen LogP contribution in [-0.4, -0.2) is 58.1 Å². The Kier molecular flexibility index (Phi) is 3.54. The Morgan fingerprint density at radius 3 is 2.90 bits per heavy atom. The maximum Gasteiger partial charge on any atom is 0.256 e. The number of fused-ring (bicyclic) bond motifs is 2. The van der Waals surface area contributed by atoms with Gasteiger partial charge in [0.05, 0.1) is 35.6 Å². The predicted molar refractivity (Wildman–Crippen MR) is 80.7 cm³/mol. The molecule has 1 fully saturated rings. The minimum Gasteiger partial charge on any atom is -0.504 e. The summed E-state index contributed by atoms with van der Waals surface area (Å²) in [4.78, 5) is 18.9. The summed E-state index contributed by atoms with van der Waals surface area (Å²) in [6, 6.07) is 2.74. The fraction of sp³-hybridized carbons (Fsp3) is 0.429. The molecule has 0 spiro atoms. The van der Waals surface area contributed by atoms with Crippen molar-refractivity contribution >= 4 is 28.4 Å². The number of phenols is 1. The largest absolute Gasteiger partial charge is 0.504 e. The second kappa shape index (κ2) is 5.23. The number of aliphatic imine (C=N–C) groups is 1. The summed E-state index contributed by atoms with van der Waals surface area (Å²) in [6.07, 6.45) is 1.85. The van der Waals surface area contributed by atoms with Gasteiger partial charge in [-0.15, -0.1) is 11.8 Å². The van der Waals surface area contributed by atoms with Crippen molar-refractivity contribution in [3.63, 3.8) is 0 Å². The van der Waals surface area contributed by atoms with Crippen molar-refractivity contribution in [3.8, 4) is 11.5 Å². The number of benzene rings is 1. The molecular formula is C14H16N2O4S. The molecule has 3 rings (SSSR count). The lowest BCUT2D eigenvalue weighted by atomic mass is 10.1. The zero-order chi connectivity index (χ0) is 15.1. The number of methoxy groups -OCH3 is 1. The first-order valence-electron chi connectivity index (χ1n) is 6.57. The Bertz CT molecular complexity index is 632. The summed E-state index contributed by atoms with van der Waals surface area (Å²) < 4.78 is 5.06. The summed E-state index contributed by atoms with van der Waals surface area (Å²) in [5.74, 6) is -0.00538. The molecule has 0 radical (unpaired) electrons. The third-order valence-electron chi connectivity index (χ3n) is 3.79. The normalized spacial score (nSPS) is 24.2. The van der Waals surface area contributed by atoms with E-state index in [1.807, 2.05) is 6.26 Å². The van der Waals surface area contributed by atoms with Gasteiger partial charge in [0.15, 0.2) is 11.5 Å². The van der Waals surface area contributed by atoms with E-state index in [1.165, 1.54) is 31.0 Å². The summed E-state index contributed by atoms with van der Waals surface area (Å²) >= 11 is 1.45. The number of aliphatic hydroxyl groups excluding tert-OH is 1. The molecule has 0 aromatic heterocycles. The highest BCUT2D eigenvalue weighted by Gasteiger charge is 2.40. The van der Waals surface area contributed by atoms with Crippen LogP contribution in [0.4, 0.5) is 5.69 Å². The van der Waals surface area contributed by atoms with Crippen LogP contribution in [0.5, 0.6) is 11.5 Å². The van der Waals surface area contributed by atoms with Crippen LogP contribution in [-0.2, 0) is 0 Å². The van der Waals surface area contributed by atoms with E-state index in [2.05, 4.69) is 4.99 Å².